The minimum atomic E-state index is -3.45. The smallest absolute Gasteiger partial charge is 0.224 e. The van der Waals surface area contributed by atoms with Crippen molar-refractivity contribution in [2.75, 3.05) is 12.8 Å². The normalized spacial score (nSPS) is 17.4. The molecule has 2 unspecified atom stereocenters. The third-order valence-corrected chi connectivity index (χ3v) is 7.76. The lowest BCUT2D eigenvalue weighted by molar-refractivity contribution is -0.126. The molecular weight excluding hydrogens is 438 g/mol. The number of rotatable bonds is 9. The molecule has 0 aromatic heterocycles. The summed E-state index contributed by atoms with van der Waals surface area (Å²) in [7, 11) is -3.45. The average Bonchev–Trinajstić information content (AvgIpc) is 3.04. The van der Waals surface area contributed by atoms with Gasteiger partial charge in [0.05, 0.1) is 18.7 Å². The van der Waals surface area contributed by atoms with Gasteiger partial charge in [0.1, 0.15) is 0 Å². The summed E-state index contributed by atoms with van der Waals surface area (Å²) < 4.78 is 26.6. The summed E-state index contributed by atoms with van der Waals surface area (Å²) in [6.45, 7) is 1.85. The highest BCUT2D eigenvalue weighted by Crippen LogP contribution is 2.26. The molecule has 1 aliphatic rings. The fraction of sp³-hybridized carbons (Fsp3) is 0.520. The predicted octanol–water partition coefficient (Wildman–Crippen LogP) is 3.49. The topological polar surface area (TPSA) is 110 Å². The van der Waals surface area contributed by atoms with E-state index in [-0.39, 0.29) is 24.9 Å². The van der Waals surface area contributed by atoms with Gasteiger partial charge in [0.25, 0.3) is 0 Å². The van der Waals surface area contributed by atoms with E-state index in [9.17, 15) is 18.0 Å². The first kappa shape index (κ1) is 25.2. The summed E-state index contributed by atoms with van der Waals surface area (Å²) in [5.41, 5.74) is 6.26. The summed E-state index contributed by atoms with van der Waals surface area (Å²) in [6.07, 6.45) is 7.06. The van der Waals surface area contributed by atoms with E-state index >= 15 is 0 Å². The monoisotopic (exact) mass is 473 g/mol. The first-order valence-corrected chi connectivity index (χ1v) is 13.5. The molecule has 2 amide bonds. The molecule has 7 nitrogen and oxygen atoms in total. The Balaban J connectivity index is 1.76. The van der Waals surface area contributed by atoms with E-state index in [1.807, 2.05) is 42.5 Å². The van der Waals surface area contributed by atoms with Crippen LogP contribution in [0.3, 0.4) is 0 Å². The van der Waals surface area contributed by atoms with Crippen molar-refractivity contribution >= 4 is 32.6 Å². The summed E-state index contributed by atoms with van der Waals surface area (Å²) in [6, 6.07) is 13.0. The fourth-order valence-corrected chi connectivity index (χ4v) is 5.89. The minimum Gasteiger partial charge on any atom is -0.370 e. The molecule has 8 heteroatoms. The molecule has 2 atom stereocenters. The number of primary amides is 1. The molecule has 3 N–H and O–H groups in total. The maximum absolute atomic E-state index is 13.1. The average molecular weight is 474 g/mol. The number of nitrogens with zero attached hydrogens (tertiary/aromatic N) is 1. The van der Waals surface area contributed by atoms with Crippen molar-refractivity contribution in [3.05, 3.63) is 48.0 Å². The highest BCUT2D eigenvalue weighted by atomic mass is 32.2. The Morgan fingerprint density at radius 2 is 1.70 bits per heavy atom. The van der Waals surface area contributed by atoms with E-state index in [2.05, 4.69) is 5.32 Å². The Hall–Kier alpha value is -2.45. The van der Waals surface area contributed by atoms with Gasteiger partial charge in [-0.1, -0.05) is 69.0 Å². The summed E-state index contributed by atoms with van der Waals surface area (Å²) in [4.78, 5) is 24.8. The molecule has 2 aromatic rings. The minimum absolute atomic E-state index is 0.0325. The van der Waals surface area contributed by atoms with Crippen molar-refractivity contribution in [3.8, 4) is 0 Å². The third-order valence-electron chi connectivity index (χ3n) is 6.46. The number of carbonyl (C=O) groups excluding carboxylic acids is 2. The zero-order valence-corrected chi connectivity index (χ0v) is 20.3. The van der Waals surface area contributed by atoms with Crippen LogP contribution in [0.5, 0.6) is 0 Å². The number of benzene rings is 2. The molecule has 0 saturated heterocycles. The zero-order valence-electron chi connectivity index (χ0n) is 19.5. The van der Waals surface area contributed by atoms with Crippen LogP contribution in [0.4, 0.5) is 0 Å². The highest BCUT2D eigenvalue weighted by molar-refractivity contribution is 7.88. The number of hydrogen-bond acceptors (Lipinski definition) is 4. The number of amides is 2. The molecule has 0 radical (unpaired) electrons. The van der Waals surface area contributed by atoms with Crippen molar-refractivity contribution in [2.45, 2.75) is 64.0 Å². The molecular formula is C25H35N3O4S. The molecule has 0 aliphatic heterocycles. The number of nitrogens with one attached hydrogen (secondary N) is 1. The molecule has 0 spiro atoms. The number of sulfonamides is 1. The highest BCUT2D eigenvalue weighted by Gasteiger charge is 2.31. The lowest BCUT2D eigenvalue weighted by Crippen LogP contribution is -2.46. The summed E-state index contributed by atoms with van der Waals surface area (Å²) in [5, 5.41) is 5.00. The van der Waals surface area contributed by atoms with Crippen LogP contribution in [-0.2, 0) is 19.6 Å². The van der Waals surface area contributed by atoms with Gasteiger partial charge in [-0.2, -0.15) is 4.31 Å². The number of hydrogen-bond donors (Lipinski definition) is 2. The van der Waals surface area contributed by atoms with Gasteiger partial charge in [-0.15, -0.1) is 0 Å². The van der Waals surface area contributed by atoms with Gasteiger partial charge in [0, 0.05) is 18.5 Å². The second-order valence-corrected chi connectivity index (χ2v) is 11.2. The Kier molecular flexibility index (Phi) is 8.48. The van der Waals surface area contributed by atoms with Crippen LogP contribution in [0, 0.1) is 5.92 Å². The van der Waals surface area contributed by atoms with Crippen molar-refractivity contribution < 1.29 is 18.0 Å². The van der Waals surface area contributed by atoms with Crippen LogP contribution in [0.25, 0.3) is 10.8 Å². The van der Waals surface area contributed by atoms with Gasteiger partial charge in [-0.25, -0.2) is 8.42 Å². The van der Waals surface area contributed by atoms with E-state index in [0.717, 1.165) is 54.9 Å². The quantitative estimate of drug-likeness (QED) is 0.543. The van der Waals surface area contributed by atoms with E-state index in [4.69, 9.17) is 5.73 Å². The van der Waals surface area contributed by atoms with Crippen molar-refractivity contribution in [1.82, 2.24) is 9.62 Å². The van der Waals surface area contributed by atoms with Crippen LogP contribution in [0.2, 0.25) is 0 Å². The predicted molar refractivity (Wildman–Crippen MR) is 131 cm³/mol. The molecule has 1 aliphatic carbocycles. The largest absolute Gasteiger partial charge is 0.370 e. The van der Waals surface area contributed by atoms with Crippen LogP contribution < -0.4 is 11.1 Å². The molecule has 2 aromatic carbocycles. The van der Waals surface area contributed by atoms with Crippen molar-refractivity contribution in [1.29, 1.82) is 0 Å². The SMILES string of the molecule is CC(CN(C1CCCCCC1)S(C)(=O)=O)C(=O)NC(CC(N)=O)c1ccc2ccccc2c1. The van der Waals surface area contributed by atoms with Gasteiger partial charge in [0.15, 0.2) is 0 Å². The standard InChI is InChI=1S/C25H35N3O4S/c1-18(17-28(33(2,31)32)22-11-5-3-4-6-12-22)25(30)27-23(16-24(26)29)21-14-13-19-9-7-8-10-20(19)15-21/h7-10,13-15,18,22-23H,3-6,11-12,16-17H2,1-2H3,(H2,26,29)(H,27,30). The van der Waals surface area contributed by atoms with Gasteiger partial charge in [-0.3, -0.25) is 9.59 Å². The van der Waals surface area contributed by atoms with Crippen LogP contribution in [0.1, 0.15) is 63.5 Å². The molecule has 180 valence electrons. The second kappa shape index (κ2) is 11.1. The lowest BCUT2D eigenvalue weighted by atomic mass is 9.98. The van der Waals surface area contributed by atoms with Gasteiger partial charge >= 0.3 is 0 Å². The number of nitrogens with two attached hydrogens (primary N) is 1. The Labute approximate surface area is 196 Å². The third kappa shape index (κ3) is 7.01. The molecule has 0 heterocycles. The fourth-order valence-electron chi connectivity index (χ4n) is 4.65. The van der Waals surface area contributed by atoms with Gasteiger partial charge in [-0.05, 0) is 35.2 Å². The molecule has 33 heavy (non-hydrogen) atoms. The molecule has 0 bridgehead atoms. The number of carbonyl (C=O) groups is 2. The van der Waals surface area contributed by atoms with E-state index < -0.39 is 27.9 Å². The van der Waals surface area contributed by atoms with Gasteiger partial charge in [0.2, 0.25) is 21.8 Å². The molecule has 1 saturated carbocycles. The van der Waals surface area contributed by atoms with Crippen LogP contribution in [0.15, 0.2) is 42.5 Å². The molecule has 3 rings (SSSR count). The Bertz CT molecular complexity index is 1080. The van der Waals surface area contributed by atoms with Crippen molar-refractivity contribution in [2.24, 2.45) is 11.7 Å². The molecule has 1 fully saturated rings. The second-order valence-electron chi connectivity index (χ2n) is 9.22. The maximum atomic E-state index is 13.1. The number of fused-ring (bicyclic) bond motifs is 1. The first-order valence-electron chi connectivity index (χ1n) is 11.7. The van der Waals surface area contributed by atoms with Crippen molar-refractivity contribution in [3.63, 3.8) is 0 Å². The van der Waals surface area contributed by atoms with E-state index in [1.165, 1.54) is 10.6 Å². The van der Waals surface area contributed by atoms with E-state index in [1.54, 1.807) is 6.92 Å². The first-order chi connectivity index (χ1) is 15.6. The Morgan fingerprint density at radius 1 is 1.06 bits per heavy atom. The van der Waals surface area contributed by atoms with Gasteiger partial charge < -0.3 is 11.1 Å². The Morgan fingerprint density at radius 3 is 2.30 bits per heavy atom. The van der Waals surface area contributed by atoms with Crippen LogP contribution >= 0.6 is 0 Å². The summed E-state index contributed by atoms with van der Waals surface area (Å²) in [5.74, 6) is -1.38. The van der Waals surface area contributed by atoms with Crippen LogP contribution in [-0.4, -0.2) is 43.4 Å². The maximum Gasteiger partial charge on any atom is 0.224 e. The summed E-state index contributed by atoms with van der Waals surface area (Å²) >= 11 is 0. The lowest BCUT2D eigenvalue weighted by Gasteiger charge is -2.31. The van der Waals surface area contributed by atoms with E-state index in [0.29, 0.717) is 0 Å². The zero-order chi connectivity index (χ0) is 24.0.